The predicted octanol–water partition coefficient (Wildman–Crippen LogP) is 3.60. The van der Waals surface area contributed by atoms with Gasteiger partial charge in [-0.15, -0.1) is 0 Å². The number of hydrogen-bond acceptors (Lipinski definition) is 3. The normalized spacial score (nSPS) is 18.1. The van der Waals surface area contributed by atoms with Crippen molar-refractivity contribution in [2.45, 2.75) is 66.0 Å². The number of nitrogens with one attached hydrogen (secondary N) is 1. The molecular formula is C26H43FN2O4. The van der Waals surface area contributed by atoms with Gasteiger partial charge < -0.3 is 26.3 Å². The van der Waals surface area contributed by atoms with Crippen LogP contribution in [-0.2, 0) is 6.61 Å². The summed E-state index contributed by atoms with van der Waals surface area (Å²) in [5.41, 5.74) is 1.74. The van der Waals surface area contributed by atoms with Gasteiger partial charge in [0.25, 0.3) is 5.91 Å². The lowest BCUT2D eigenvalue weighted by Crippen LogP contribution is -2.50. The van der Waals surface area contributed by atoms with Gasteiger partial charge in [-0.25, -0.2) is 4.39 Å². The molecule has 6 N–H and O–H groups in total. The molecule has 1 atom stereocenters. The Bertz CT molecular complexity index is 777. The van der Waals surface area contributed by atoms with Gasteiger partial charge in [-0.3, -0.25) is 4.79 Å². The third kappa shape index (κ3) is 11.1. The van der Waals surface area contributed by atoms with Crippen LogP contribution in [0, 0.1) is 11.3 Å². The van der Waals surface area contributed by atoms with Crippen molar-refractivity contribution in [3.63, 3.8) is 0 Å². The van der Waals surface area contributed by atoms with E-state index in [-0.39, 0.29) is 35.3 Å². The van der Waals surface area contributed by atoms with Crippen LogP contribution in [-0.4, -0.2) is 52.5 Å². The van der Waals surface area contributed by atoms with Gasteiger partial charge in [-0.2, -0.15) is 0 Å². The summed E-state index contributed by atoms with van der Waals surface area (Å²) in [6.07, 6.45) is 9.30. The fourth-order valence-corrected chi connectivity index (χ4v) is 4.05. The number of benzene rings is 1. The molecule has 0 radical (unpaired) electrons. The van der Waals surface area contributed by atoms with Gasteiger partial charge in [0.2, 0.25) is 0 Å². The minimum atomic E-state index is -0.0914. The van der Waals surface area contributed by atoms with E-state index in [1.165, 1.54) is 18.9 Å². The third-order valence-corrected chi connectivity index (χ3v) is 5.88. The second kappa shape index (κ2) is 15.0. The zero-order valence-corrected chi connectivity index (χ0v) is 20.5. The lowest BCUT2D eigenvalue weighted by atomic mass is 9.84. The molecule has 0 spiro atoms. The maximum Gasteiger partial charge on any atom is 0.251 e. The average molecular weight is 467 g/mol. The van der Waals surface area contributed by atoms with Gasteiger partial charge in [0.05, 0.1) is 6.61 Å². The number of rotatable bonds is 6. The summed E-state index contributed by atoms with van der Waals surface area (Å²) in [6, 6.07) is 7.33. The van der Waals surface area contributed by atoms with E-state index in [2.05, 4.69) is 37.9 Å². The molecule has 0 saturated carbocycles. The number of piperidine rings is 1. The molecule has 0 aromatic heterocycles. The summed E-state index contributed by atoms with van der Waals surface area (Å²) in [4.78, 5) is 15.1. The monoisotopic (exact) mass is 466 g/mol. The van der Waals surface area contributed by atoms with E-state index in [0.29, 0.717) is 16.9 Å². The molecule has 1 amide bonds. The second-order valence-corrected chi connectivity index (χ2v) is 9.75. The number of likely N-dealkylation sites (tertiary alicyclic amines) is 1. The average Bonchev–Trinajstić information content (AvgIpc) is 2.73. The zero-order valence-electron chi connectivity index (χ0n) is 20.5. The molecular weight excluding hydrogens is 423 g/mol. The smallest absolute Gasteiger partial charge is 0.251 e. The maximum absolute atomic E-state index is 12.6. The summed E-state index contributed by atoms with van der Waals surface area (Å²) in [5, 5.41) is 12.4. The highest BCUT2D eigenvalue weighted by atomic mass is 19.1. The van der Waals surface area contributed by atoms with Crippen LogP contribution in [0.1, 0.15) is 69.3 Å². The topological polar surface area (TPSA) is 116 Å². The van der Waals surface area contributed by atoms with E-state index in [0.717, 1.165) is 38.0 Å². The number of halogens is 1. The first kappa shape index (κ1) is 30.9. The molecule has 2 aliphatic rings. The van der Waals surface area contributed by atoms with Crippen molar-refractivity contribution in [3.8, 4) is 0 Å². The van der Waals surface area contributed by atoms with Gasteiger partial charge in [0.1, 0.15) is 5.83 Å². The molecule has 33 heavy (non-hydrogen) atoms. The number of hydrogen-bond donors (Lipinski definition) is 2. The summed E-state index contributed by atoms with van der Waals surface area (Å²) >= 11 is 0. The number of amides is 1. The van der Waals surface area contributed by atoms with Crippen LogP contribution in [0.4, 0.5) is 4.39 Å². The summed E-state index contributed by atoms with van der Waals surface area (Å²) < 4.78 is 12.0. The van der Waals surface area contributed by atoms with Gasteiger partial charge in [0, 0.05) is 24.7 Å². The first-order valence-electron chi connectivity index (χ1n) is 11.5. The number of aliphatic hydroxyl groups excluding tert-OH is 1. The molecule has 1 fully saturated rings. The highest BCUT2D eigenvalue weighted by molar-refractivity contribution is 5.94. The molecule has 1 aliphatic carbocycles. The van der Waals surface area contributed by atoms with Crippen molar-refractivity contribution in [2.24, 2.45) is 11.3 Å². The fraction of sp³-hybridized carbons (Fsp3) is 0.577. The van der Waals surface area contributed by atoms with Crippen molar-refractivity contribution in [1.29, 1.82) is 0 Å². The second-order valence-electron chi connectivity index (χ2n) is 9.75. The van der Waals surface area contributed by atoms with E-state index >= 15 is 0 Å². The maximum atomic E-state index is 12.6. The Balaban J connectivity index is 0.000000975. The largest absolute Gasteiger partial charge is 0.412 e. The van der Waals surface area contributed by atoms with Crippen molar-refractivity contribution in [3.05, 3.63) is 59.4 Å². The van der Waals surface area contributed by atoms with Crippen molar-refractivity contribution >= 4 is 5.91 Å². The van der Waals surface area contributed by atoms with Gasteiger partial charge in [0.15, 0.2) is 0 Å². The SMILES string of the molecule is CC(C)[C@H](CN1CCCC(C)(C)C1)NC(=O)c1cccc(CO)c1.FC1=CCCC=C1.O.O. The molecule has 1 aromatic rings. The van der Waals surface area contributed by atoms with Crippen LogP contribution in [0.25, 0.3) is 0 Å². The Kier molecular flexibility index (Phi) is 14.0. The van der Waals surface area contributed by atoms with E-state index in [4.69, 9.17) is 0 Å². The number of aliphatic hydroxyl groups is 1. The molecule has 6 nitrogen and oxygen atoms in total. The van der Waals surface area contributed by atoms with E-state index in [1.54, 1.807) is 18.2 Å². The first-order chi connectivity index (χ1) is 14.7. The fourth-order valence-electron chi connectivity index (χ4n) is 4.05. The van der Waals surface area contributed by atoms with Gasteiger partial charge in [-0.1, -0.05) is 45.9 Å². The van der Waals surface area contributed by atoms with Crippen LogP contribution in [0.3, 0.4) is 0 Å². The van der Waals surface area contributed by atoms with E-state index in [9.17, 15) is 14.3 Å². The van der Waals surface area contributed by atoms with Crippen LogP contribution in [0.2, 0.25) is 0 Å². The van der Waals surface area contributed by atoms with Crippen LogP contribution < -0.4 is 5.32 Å². The summed E-state index contributed by atoms with van der Waals surface area (Å²) in [6.45, 7) is 12.0. The van der Waals surface area contributed by atoms with Crippen LogP contribution in [0.15, 0.2) is 48.3 Å². The minimum Gasteiger partial charge on any atom is -0.412 e. The Morgan fingerprint density at radius 2 is 1.97 bits per heavy atom. The number of carbonyl (C=O) groups is 1. The third-order valence-electron chi connectivity index (χ3n) is 5.88. The molecule has 188 valence electrons. The molecule has 1 heterocycles. The van der Waals surface area contributed by atoms with E-state index in [1.807, 2.05) is 18.2 Å². The van der Waals surface area contributed by atoms with Gasteiger partial charge >= 0.3 is 0 Å². The zero-order chi connectivity index (χ0) is 22.9. The van der Waals surface area contributed by atoms with E-state index < -0.39 is 0 Å². The predicted molar refractivity (Wildman–Crippen MR) is 133 cm³/mol. The molecule has 0 unspecified atom stereocenters. The molecule has 1 saturated heterocycles. The standard InChI is InChI=1S/C20H32N2O2.C6H7F.2H2O/c1-15(2)18(12-22-10-6-9-20(3,4)14-22)21-19(24)17-8-5-7-16(11-17)13-23;7-6-4-2-1-3-5-6;;/h5,7-8,11,15,18,23H,6,9-10,12-14H2,1-4H3,(H,21,24);2,4-5H,1,3H2;2*1H2/t18-;;;/m0.../s1. The summed E-state index contributed by atoms with van der Waals surface area (Å²) in [5.74, 6) is 0.228. The summed E-state index contributed by atoms with van der Waals surface area (Å²) in [7, 11) is 0. The molecule has 1 aromatic carbocycles. The Morgan fingerprint density at radius 1 is 1.24 bits per heavy atom. The number of carbonyl (C=O) groups excluding carboxylic acids is 1. The quantitative estimate of drug-likeness (QED) is 0.667. The first-order valence-corrected chi connectivity index (χ1v) is 11.5. The molecule has 1 aliphatic heterocycles. The highest BCUT2D eigenvalue weighted by Gasteiger charge is 2.29. The lowest BCUT2D eigenvalue weighted by molar-refractivity contribution is 0.0831. The van der Waals surface area contributed by atoms with Crippen LogP contribution in [0.5, 0.6) is 0 Å². The van der Waals surface area contributed by atoms with Crippen molar-refractivity contribution in [2.75, 3.05) is 19.6 Å². The Hall–Kier alpha value is -2.06. The molecule has 7 heteroatoms. The Labute approximate surface area is 198 Å². The highest BCUT2D eigenvalue weighted by Crippen LogP contribution is 2.28. The van der Waals surface area contributed by atoms with Crippen molar-refractivity contribution < 1.29 is 25.2 Å². The van der Waals surface area contributed by atoms with Crippen molar-refractivity contribution in [1.82, 2.24) is 10.2 Å². The molecule has 0 bridgehead atoms. The molecule has 3 rings (SSSR count). The lowest BCUT2D eigenvalue weighted by Gasteiger charge is -2.40. The number of nitrogens with zero attached hydrogens (tertiary/aromatic N) is 1. The minimum absolute atomic E-state index is 0. The Morgan fingerprint density at radius 3 is 2.48 bits per heavy atom. The van der Waals surface area contributed by atoms with Crippen LogP contribution >= 0.6 is 0 Å². The van der Waals surface area contributed by atoms with Gasteiger partial charge in [-0.05, 0) is 73.4 Å². The number of allylic oxidation sites excluding steroid dienone is 4.